The van der Waals surface area contributed by atoms with Crippen molar-refractivity contribution in [1.82, 2.24) is 5.32 Å². The van der Waals surface area contributed by atoms with E-state index in [1.807, 2.05) is 18.2 Å². The van der Waals surface area contributed by atoms with Crippen LogP contribution in [0.3, 0.4) is 0 Å². The third-order valence-electron chi connectivity index (χ3n) is 4.22. The van der Waals surface area contributed by atoms with Crippen LogP contribution >= 0.6 is 15.9 Å². The van der Waals surface area contributed by atoms with Crippen molar-refractivity contribution >= 4 is 15.9 Å². The third-order valence-corrected chi connectivity index (χ3v) is 4.71. The van der Waals surface area contributed by atoms with Crippen molar-refractivity contribution in [3.05, 3.63) is 69.7 Å². The van der Waals surface area contributed by atoms with E-state index >= 15 is 0 Å². The molecule has 3 rings (SSSR count). The molecule has 21 heavy (non-hydrogen) atoms. The van der Waals surface area contributed by atoms with Gasteiger partial charge in [-0.25, -0.2) is 0 Å². The van der Waals surface area contributed by atoms with Gasteiger partial charge in [-0.15, -0.1) is 0 Å². The number of halogens is 1. The smallest absolute Gasteiger partial charge is 0.0626 e. The lowest BCUT2D eigenvalue weighted by molar-refractivity contribution is 0.228. The molecule has 0 saturated heterocycles. The summed E-state index contributed by atoms with van der Waals surface area (Å²) in [7, 11) is 0. The Kier molecular flexibility index (Phi) is 4.73. The van der Waals surface area contributed by atoms with E-state index in [-0.39, 0.29) is 12.6 Å². The summed E-state index contributed by atoms with van der Waals surface area (Å²) in [6.45, 7) is 0.133. The highest BCUT2D eigenvalue weighted by molar-refractivity contribution is 9.10. The maximum Gasteiger partial charge on any atom is 0.0626 e. The Morgan fingerprint density at radius 2 is 1.95 bits per heavy atom. The first-order valence-electron chi connectivity index (χ1n) is 7.45. The number of hydrogen-bond donors (Lipinski definition) is 2. The molecular formula is C18H20BrNO. The number of rotatable bonds is 4. The second-order valence-electron chi connectivity index (χ2n) is 5.67. The molecule has 2 nitrogen and oxygen atoms in total. The Labute approximate surface area is 134 Å². The van der Waals surface area contributed by atoms with Crippen molar-refractivity contribution in [2.45, 2.75) is 31.3 Å². The zero-order chi connectivity index (χ0) is 14.7. The standard InChI is InChI=1S/C18H20BrNO/c19-16-8-6-15-11-17(9-7-14(15)10-16)20-18(12-21)13-4-2-1-3-5-13/h1-6,8,10,17-18,20-21H,7,9,11-12H2/t17?,18-/m0/s1. The number of nitrogens with one attached hydrogen (secondary N) is 1. The second kappa shape index (κ2) is 6.73. The van der Waals surface area contributed by atoms with Crippen molar-refractivity contribution in [3.63, 3.8) is 0 Å². The Morgan fingerprint density at radius 1 is 1.14 bits per heavy atom. The van der Waals surface area contributed by atoms with E-state index in [1.54, 1.807) is 0 Å². The Hall–Kier alpha value is -1.16. The van der Waals surface area contributed by atoms with Gasteiger partial charge in [-0.05, 0) is 48.1 Å². The molecule has 1 unspecified atom stereocenters. The van der Waals surface area contributed by atoms with Crippen molar-refractivity contribution < 1.29 is 5.11 Å². The quantitative estimate of drug-likeness (QED) is 0.886. The molecule has 110 valence electrons. The Bertz CT molecular complexity index is 599. The predicted octanol–water partition coefficient (Wildman–Crippen LogP) is 3.63. The van der Waals surface area contributed by atoms with Crippen molar-refractivity contribution in [2.75, 3.05) is 6.61 Å². The number of benzene rings is 2. The zero-order valence-corrected chi connectivity index (χ0v) is 13.5. The first-order chi connectivity index (χ1) is 10.3. The Balaban J connectivity index is 1.70. The molecule has 3 heteroatoms. The van der Waals surface area contributed by atoms with Crippen LogP contribution in [0.4, 0.5) is 0 Å². The number of aliphatic hydroxyl groups is 1. The first-order valence-corrected chi connectivity index (χ1v) is 8.24. The summed E-state index contributed by atoms with van der Waals surface area (Å²) < 4.78 is 1.16. The molecule has 2 atom stereocenters. The highest BCUT2D eigenvalue weighted by Gasteiger charge is 2.21. The summed E-state index contributed by atoms with van der Waals surface area (Å²) in [5.41, 5.74) is 4.02. The van der Waals surface area contributed by atoms with Gasteiger partial charge in [-0.2, -0.15) is 0 Å². The SMILES string of the molecule is OC[C@H](NC1CCc2cc(Br)ccc2C1)c1ccccc1. The van der Waals surface area contributed by atoms with Gasteiger partial charge in [0.25, 0.3) is 0 Å². The van der Waals surface area contributed by atoms with E-state index in [0.717, 1.165) is 29.3 Å². The molecule has 0 heterocycles. The number of aliphatic hydroxyl groups excluding tert-OH is 1. The molecule has 2 N–H and O–H groups in total. The van der Waals surface area contributed by atoms with Crippen LogP contribution < -0.4 is 5.32 Å². The summed E-state index contributed by atoms with van der Waals surface area (Å²) >= 11 is 3.54. The van der Waals surface area contributed by atoms with Gasteiger partial charge in [0.05, 0.1) is 12.6 Å². The maximum absolute atomic E-state index is 9.67. The lowest BCUT2D eigenvalue weighted by Crippen LogP contribution is -2.38. The average molecular weight is 346 g/mol. The molecular weight excluding hydrogens is 326 g/mol. The minimum Gasteiger partial charge on any atom is -0.394 e. The lowest BCUT2D eigenvalue weighted by Gasteiger charge is -2.29. The molecule has 1 aliphatic carbocycles. The molecule has 0 bridgehead atoms. The van der Waals surface area contributed by atoms with Gasteiger partial charge in [-0.1, -0.05) is 52.3 Å². The summed E-state index contributed by atoms with van der Waals surface area (Å²) in [5, 5.41) is 13.3. The zero-order valence-electron chi connectivity index (χ0n) is 11.9. The number of hydrogen-bond acceptors (Lipinski definition) is 2. The van der Waals surface area contributed by atoms with Gasteiger partial charge in [-0.3, -0.25) is 0 Å². The van der Waals surface area contributed by atoms with E-state index in [1.165, 1.54) is 11.1 Å². The summed E-state index contributed by atoms with van der Waals surface area (Å²) in [6.07, 6.45) is 3.25. The number of fused-ring (bicyclic) bond motifs is 1. The molecule has 0 saturated carbocycles. The molecule has 0 aliphatic heterocycles. The van der Waals surface area contributed by atoms with Gasteiger partial charge in [0.1, 0.15) is 0 Å². The van der Waals surface area contributed by atoms with Crippen LogP contribution in [0, 0.1) is 0 Å². The normalized spacial score (nSPS) is 19.0. The fourth-order valence-corrected chi connectivity index (χ4v) is 3.50. The highest BCUT2D eigenvalue weighted by atomic mass is 79.9. The summed E-state index contributed by atoms with van der Waals surface area (Å²) in [6, 6.07) is 17.2. The molecule has 0 amide bonds. The first kappa shape index (κ1) is 14.8. The molecule has 1 aliphatic rings. The molecule has 0 fully saturated rings. The van der Waals surface area contributed by atoms with E-state index in [4.69, 9.17) is 0 Å². The van der Waals surface area contributed by atoms with Crippen LogP contribution in [-0.2, 0) is 12.8 Å². The van der Waals surface area contributed by atoms with Crippen molar-refractivity contribution in [3.8, 4) is 0 Å². The van der Waals surface area contributed by atoms with Crippen LogP contribution in [0.15, 0.2) is 53.0 Å². The van der Waals surface area contributed by atoms with Gasteiger partial charge < -0.3 is 10.4 Å². The van der Waals surface area contributed by atoms with Crippen LogP contribution in [-0.4, -0.2) is 17.8 Å². The maximum atomic E-state index is 9.67. The number of aryl methyl sites for hydroxylation is 1. The van der Waals surface area contributed by atoms with Crippen LogP contribution in [0.1, 0.15) is 29.2 Å². The van der Waals surface area contributed by atoms with Crippen LogP contribution in [0.25, 0.3) is 0 Å². The molecule has 2 aromatic carbocycles. The monoisotopic (exact) mass is 345 g/mol. The van der Waals surface area contributed by atoms with Crippen LogP contribution in [0.5, 0.6) is 0 Å². The second-order valence-corrected chi connectivity index (χ2v) is 6.58. The Morgan fingerprint density at radius 3 is 2.71 bits per heavy atom. The summed E-state index contributed by atoms with van der Waals surface area (Å²) in [5.74, 6) is 0. The van der Waals surface area contributed by atoms with E-state index in [2.05, 4.69) is 51.6 Å². The van der Waals surface area contributed by atoms with Crippen molar-refractivity contribution in [2.24, 2.45) is 0 Å². The molecule has 0 spiro atoms. The third kappa shape index (κ3) is 3.54. The molecule has 2 aromatic rings. The predicted molar refractivity (Wildman–Crippen MR) is 89.4 cm³/mol. The van der Waals surface area contributed by atoms with Gasteiger partial charge in [0.15, 0.2) is 0 Å². The van der Waals surface area contributed by atoms with Crippen LogP contribution in [0.2, 0.25) is 0 Å². The highest BCUT2D eigenvalue weighted by Crippen LogP contribution is 2.26. The largest absolute Gasteiger partial charge is 0.394 e. The van der Waals surface area contributed by atoms with Crippen molar-refractivity contribution in [1.29, 1.82) is 0 Å². The minimum atomic E-state index is 0.0215. The van der Waals surface area contributed by atoms with E-state index < -0.39 is 0 Å². The summed E-state index contributed by atoms with van der Waals surface area (Å²) in [4.78, 5) is 0. The lowest BCUT2D eigenvalue weighted by atomic mass is 9.87. The topological polar surface area (TPSA) is 32.3 Å². The van der Waals surface area contributed by atoms with Gasteiger partial charge in [0.2, 0.25) is 0 Å². The van der Waals surface area contributed by atoms with Gasteiger partial charge >= 0.3 is 0 Å². The molecule has 0 radical (unpaired) electrons. The fraction of sp³-hybridized carbons (Fsp3) is 0.333. The fourth-order valence-electron chi connectivity index (χ4n) is 3.09. The minimum absolute atomic E-state index is 0.0215. The van der Waals surface area contributed by atoms with Gasteiger partial charge in [0, 0.05) is 10.5 Å². The van der Waals surface area contributed by atoms with E-state index in [0.29, 0.717) is 6.04 Å². The molecule has 0 aromatic heterocycles. The van der Waals surface area contributed by atoms with E-state index in [9.17, 15) is 5.11 Å². The average Bonchev–Trinajstić information content (AvgIpc) is 2.53.